The molecule has 0 radical (unpaired) electrons. The van der Waals surface area contributed by atoms with Crippen molar-refractivity contribution in [3.05, 3.63) is 101 Å². The quantitative estimate of drug-likeness (QED) is 0.441. The zero-order valence-electron chi connectivity index (χ0n) is 20.3. The molecule has 0 spiro atoms. The molecule has 1 aromatic heterocycles. The van der Waals surface area contributed by atoms with Gasteiger partial charge in [0.25, 0.3) is 0 Å². The lowest BCUT2D eigenvalue weighted by Gasteiger charge is -2.35. The highest BCUT2D eigenvalue weighted by Crippen LogP contribution is 2.31. The Morgan fingerprint density at radius 3 is 2.08 bits per heavy atom. The number of halogens is 1. The van der Waals surface area contributed by atoms with Crippen molar-refractivity contribution in [1.82, 2.24) is 14.7 Å². The first-order valence-electron chi connectivity index (χ1n) is 11.9. The number of nitrogens with two attached hydrogens (primary N) is 1. The molecule has 0 bridgehead atoms. The molecule has 8 nitrogen and oxygen atoms in total. The fraction of sp³-hybridized carbons (Fsp3) is 0.179. The van der Waals surface area contributed by atoms with Crippen LogP contribution < -0.4 is 20.9 Å². The van der Waals surface area contributed by atoms with E-state index in [0.29, 0.717) is 43.3 Å². The first-order valence-corrected chi connectivity index (χ1v) is 11.9. The number of carbonyl (C=O) groups is 1. The molecule has 4 aromatic rings. The fourth-order valence-electron chi connectivity index (χ4n) is 4.26. The number of aromatic nitrogens is 2. The molecule has 188 valence electrons. The normalized spacial score (nSPS) is 13.5. The third-order valence-electron chi connectivity index (χ3n) is 6.38. The van der Waals surface area contributed by atoms with E-state index in [2.05, 4.69) is 5.10 Å². The molecule has 1 aliphatic heterocycles. The summed E-state index contributed by atoms with van der Waals surface area (Å²) in [4.78, 5) is 28.7. The highest BCUT2D eigenvalue weighted by molar-refractivity contribution is 5.72. The number of piperazine rings is 1. The maximum Gasteiger partial charge on any atom is 0.316 e. The van der Waals surface area contributed by atoms with Gasteiger partial charge in [-0.15, -0.1) is 0 Å². The highest BCUT2D eigenvalue weighted by atomic mass is 19.1. The Bertz CT molecular complexity index is 1460. The van der Waals surface area contributed by atoms with Gasteiger partial charge in [0.2, 0.25) is 5.75 Å². The molecule has 1 aliphatic rings. The van der Waals surface area contributed by atoms with Crippen LogP contribution in [0.25, 0.3) is 16.8 Å². The second-order valence-corrected chi connectivity index (χ2v) is 8.86. The number of amides is 2. The molecule has 5 rings (SSSR count). The minimum absolute atomic E-state index is 0.137. The van der Waals surface area contributed by atoms with Crippen molar-refractivity contribution < 1.29 is 13.9 Å². The van der Waals surface area contributed by atoms with Crippen molar-refractivity contribution >= 4 is 11.7 Å². The number of hydrogen-bond donors (Lipinski definition) is 1. The monoisotopic (exact) mass is 499 g/mol. The average molecular weight is 500 g/mol. The maximum atomic E-state index is 13.6. The molecule has 3 aromatic carbocycles. The first-order chi connectivity index (χ1) is 17.9. The third kappa shape index (κ3) is 5.16. The van der Waals surface area contributed by atoms with E-state index >= 15 is 0 Å². The summed E-state index contributed by atoms with van der Waals surface area (Å²) in [5.74, 6) is 0.315. The van der Waals surface area contributed by atoms with E-state index in [-0.39, 0.29) is 11.6 Å². The van der Waals surface area contributed by atoms with Gasteiger partial charge >= 0.3 is 11.6 Å². The molecule has 1 saturated heterocycles. The molecular weight excluding hydrogens is 473 g/mol. The minimum Gasteiger partial charge on any atom is -0.449 e. The molecule has 2 N–H and O–H groups in total. The Balaban J connectivity index is 1.49. The Morgan fingerprint density at radius 1 is 0.892 bits per heavy atom. The summed E-state index contributed by atoms with van der Waals surface area (Å²) in [6.07, 6.45) is 1.61. The van der Waals surface area contributed by atoms with Gasteiger partial charge in [0.1, 0.15) is 17.3 Å². The number of primary amides is 1. The van der Waals surface area contributed by atoms with E-state index < -0.39 is 11.6 Å². The molecule has 9 heteroatoms. The van der Waals surface area contributed by atoms with Crippen LogP contribution in [0.2, 0.25) is 0 Å². The van der Waals surface area contributed by atoms with Gasteiger partial charge in [0.15, 0.2) is 0 Å². The van der Waals surface area contributed by atoms with E-state index in [0.717, 1.165) is 16.7 Å². The van der Waals surface area contributed by atoms with E-state index in [1.807, 2.05) is 48.2 Å². The highest BCUT2D eigenvalue weighted by Gasteiger charge is 2.25. The summed E-state index contributed by atoms with van der Waals surface area (Å²) in [6.45, 7) is 3.81. The summed E-state index contributed by atoms with van der Waals surface area (Å²) < 4.78 is 20.8. The van der Waals surface area contributed by atoms with Crippen molar-refractivity contribution in [2.45, 2.75) is 6.92 Å². The smallest absolute Gasteiger partial charge is 0.316 e. The number of carbonyl (C=O) groups excluding carboxylic acids is 1. The minimum atomic E-state index is -0.467. The lowest BCUT2D eigenvalue weighted by Crippen LogP contribution is -2.50. The second-order valence-electron chi connectivity index (χ2n) is 8.86. The van der Waals surface area contributed by atoms with Crippen LogP contribution in [0.1, 0.15) is 5.56 Å². The molecule has 0 aliphatic carbocycles. The van der Waals surface area contributed by atoms with Crippen LogP contribution in [-0.4, -0.2) is 46.9 Å². The van der Waals surface area contributed by atoms with Gasteiger partial charge < -0.3 is 20.3 Å². The number of nitrogens with zero attached hydrogens (tertiary/aromatic N) is 4. The van der Waals surface area contributed by atoms with E-state index in [9.17, 15) is 14.0 Å². The van der Waals surface area contributed by atoms with Crippen molar-refractivity contribution in [3.8, 4) is 28.3 Å². The summed E-state index contributed by atoms with van der Waals surface area (Å²) in [6, 6.07) is 20.5. The maximum absolute atomic E-state index is 13.6. The average Bonchev–Trinajstić information content (AvgIpc) is 2.91. The fourth-order valence-corrected chi connectivity index (χ4v) is 4.26. The molecule has 37 heavy (non-hydrogen) atoms. The largest absolute Gasteiger partial charge is 0.449 e. The van der Waals surface area contributed by atoms with Crippen LogP contribution in [0.5, 0.6) is 11.5 Å². The summed E-state index contributed by atoms with van der Waals surface area (Å²) in [5.41, 5.74) is 9.01. The van der Waals surface area contributed by atoms with Crippen LogP contribution in [-0.2, 0) is 0 Å². The molecule has 2 heterocycles. The van der Waals surface area contributed by atoms with Crippen molar-refractivity contribution in [2.75, 3.05) is 31.1 Å². The SMILES string of the molecule is Cc1ccc(-n2ncc(N3CCN(C(N)=O)CC3)c(Oc3ccc(-c4ccc(F)cc4)cc3)c2=O)cc1. The van der Waals surface area contributed by atoms with Crippen LogP contribution in [0.4, 0.5) is 14.9 Å². The summed E-state index contributed by atoms with van der Waals surface area (Å²) in [5, 5.41) is 4.42. The Hall–Kier alpha value is -4.66. The van der Waals surface area contributed by atoms with E-state index in [4.69, 9.17) is 10.5 Å². The number of hydrogen-bond acceptors (Lipinski definition) is 5. The Kier molecular flexibility index (Phi) is 6.59. The van der Waals surface area contributed by atoms with Gasteiger partial charge in [0.05, 0.1) is 11.9 Å². The first kappa shape index (κ1) is 24.1. The predicted molar refractivity (Wildman–Crippen MR) is 140 cm³/mol. The van der Waals surface area contributed by atoms with Crippen LogP contribution >= 0.6 is 0 Å². The lowest BCUT2D eigenvalue weighted by molar-refractivity contribution is 0.204. The number of aryl methyl sites for hydroxylation is 1. The predicted octanol–water partition coefficient (Wildman–Crippen LogP) is 4.34. The number of anilines is 1. The van der Waals surface area contributed by atoms with Gasteiger partial charge in [-0.05, 0) is 54.4 Å². The van der Waals surface area contributed by atoms with Gasteiger partial charge in [-0.25, -0.2) is 9.18 Å². The van der Waals surface area contributed by atoms with Gasteiger partial charge in [-0.2, -0.15) is 9.78 Å². The molecule has 0 atom stereocenters. The Morgan fingerprint density at radius 2 is 1.49 bits per heavy atom. The van der Waals surface area contributed by atoms with Crippen LogP contribution in [0.3, 0.4) is 0 Å². The van der Waals surface area contributed by atoms with Crippen LogP contribution in [0.15, 0.2) is 83.8 Å². The standard InChI is InChI=1S/C28H26FN5O3/c1-19-2-10-23(11-3-19)34-27(35)26(25(18-31-34)32-14-16-33(17-15-32)28(30)36)37-24-12-6-21(7-13-24)20-4-8-22(29)9-5-20/h2-13,18H,14-17H2,1H3,(H2,30,36). The number of benzene rings is 3. The molecule has 0 unspecified atom stereocenters. The van der Waals surface area contributed by atoms with Gasteiger partial charge in [-0.3, -0.25) is 4.79 Å². The third-order valence-corrected chi connectivity index (χ3v) is 6.38. The van der Waals surface area contributed by atoms with Gasteiger partial charge in [-0.1, -0.05) is 42.0 Å². The zero-order chi connectivity index (χ0) is 25.9. The summed E-state index contributed by atoms with van der Waals surface area (Å²) >= 11 is 0. The van der Waals surface area contributed by atoms with Crippen molar-refractivity contribution in [1.29, 1.82) is 0 Å². The number of ether oxygens (including phenoxy) is 1. The molecule has 0 saturated carbocycles. The lowest BCUT2D eigenvalue weighted by atomic mass is 10.1. The second kappa shape index (κ2) is 10.1. The Labute approximate surface area is 213 Å². The zero-order valence-corrected chi connectivity index (χ0v) is 20.3. The van der Waals surface area contributed by atoms with Crippen molar-refractivity contribution in [3.63, 3.8) is 0 Å². The van der Waals surface area contributed by atoms with Crippen LogP contribution in [0, 0.1) is 12.7 Å². The van der Waals surface area contributed by atoms with E-state index in [1.165, 1.54) is 16.8 Å². The molecular formula is C28H26FN5O3. The molecule has 1 fully saturated rings. The number of urea groups is 1. The summed E-state index contributed by atoms with van der Waals surface area (Å²) in [7, 11) is 0. The number of rotatable bonds is 5. The van der Waals surface area contributed by atoms with E-state index in [1.54, 1.807) is 35.4 Å². The topological polar surface area (TPSA) is 93.7 Å². The van der Waals surface area contributed by atoms with Gasteiger partial charge in [0, 0.05) is 26.2 Å². The van der Waals surface area contributed by atoms with Crippen molar-refractivity contribution in [2.24, 2.45) is 5.73 Å². The molecule has 2 amide bonds.